The monoisotopic (exact) mass is 351 g/mol. The lowest BCUT2D eigenvalue weighted by atomic mass is 9.84. The first-order chi connectivity index (χ1) is 10.1. The van der Waals surface area contributed by atoms with Crippen molar-refractivity contribution in [1.29, 1.82) is 0 Å². The fourth-order valence-corrected chi connectivity index (χ4v) is 4.58. The summed E-state index contributed by atoms with van der Waals surface area (Å²) in [5.74, 6) is 0.817. The normalized spacial score (nSPS) is 28.3. The third kappa shape index (κ3) is 3.13. The summed E-state index contributed by atoms with van der Waals surface area (Å²) in [5, 5.41) is 0. The molecule has 2 heterocycles. The van der Waals surface area contributed by atoms with Gasteiger partial charge in [0.1, 0.15) is 0 Å². The number of anilines is 1. The largest absolute Gasteiger partial charge is 0.370 e. The van der Waals surface area contributed by atoms with Gasteiger partial charge in [0.05, 0.1) is 5.69 Å². The summed E-state index contributed by atoms with van der Waals surface area (Å²) in [4.78, 5) is 5.12. The topological polar surface area (TPSA) is 32.5 Å². The standard InChI is InChI=1S/C17H26BrN3/c1-12(19)13-5-6-17(15(18)10-13)21-9-7-16-14(11-21)4-3-8-20(16)2/h5-6,10,12,14,16H,3-4,7-9,11,19H2,1-2H3/t12-,14?,16?/m1/s1. The van der Waals surface area contributed by atoms with Gasteiger partial charge in [0.15, 0.2) is 0 Å². The molecule has 2 aliphatic heterocycles. The second-order valence-electron chi connectivity index (χ2n) is 6.68. The van der Waals surface area contributed by atoms with Crippen LogP contribution in [0.25, 0.3) is 0 Å². The first kappa shape index (κ1) is 15.3. The van der Waals surface area contributed by atoms with E-state index in [-0.39, 0.29) is 6.04 Å². The number of nitrogens with zero attached hydrogens (tertiary/aromatic N) is 2. The Morgan fingerprint density at radius 1 is 1.29 bits per heavy atom. The van der Waals surface area contributed by atoms with E-state index in [4.69, 9.17) is 5.73 Å². The van der Waals surface area contributed by atoms with Crippen molar-refractivity contribution in [2.45, 2.75) is 38.3 Å². The Balaban J connectivity index is 1.76. The zero-order valence-electron chi connectivity index (χ0n) is 13.1. The highest BCUT2D eigenvalue weighted by molar-refractivity contribution is 9.10. The van der Waals surface area contributed by atoms with E-state index in [1.54, 1.807) is 0 Å². The lowest BCUT2D eigenvalue weighted by Crippen LogP contribution is -2.52. The maximum absolute atomic E-state index is 5.97. The van der Waals surface area contributed by atoms with Gasteiger partial charge in [0.2, 0.25) is 0 Å². The molecule has 2 aliphatic rings. The van der Waals surface area contributed by atoms with E-state index in [1.165, 1.54) is 48.1 Å². The van der Waals surface area contributed by atoms with Crippen LogP contribution in [0.4, 0.5) is 5.69 Å². The Hall–Kier alpha value is -0.580. The second-order valence-corrected chi connectivity index (χ2v) is 7.54. The third-order valence-electron chi connectivity index (χ3n) is 5.18. The summed E-state index contributed by atoms with van der Waals surface area (Å²) < 4.78 is 1.18. The van der Waals surface area contributed by atoms with E-state index in [1.807, 2.05) is 6.92 Å². The molecule has 3 nitrogen and oxygen atoms in total. The van der Waals surface area contributed by atoms with Crippen molar-refractivity contribution in [3.63, 3.8) is 0 Å². The quantitative estimate of drug-likeness (QED) is 0.886. The summed E-state index contributed by atoms with van der Waals surface area (Å²) >= 11 is 3.74. The molecule has 0 saturated carbocycles. The summed E-state index contributed by atoms with van der Waals surface area (Å²) in [7, 11) is 2.29. The van der Waals surface area contributed by atoms with E-state index in [0.717, 1.165) is 18.5 Å². The molecule has 21 heavy (non-hydrogen) atoms. The lowest BCUT2D eigenvalue weighted by Gasteiger charge is -2.46. The molecule has 2 fully saturated rings. The molecule has 2 saturated heterocycles. The Morgan fingerprint density at radius 2 is 2.10 bits per heavy atom. The van der Waals surface area contributed by atoms with Crippen LogP contribution in [0.3, 0.4) is 0 Å². The van der Waals surface area contributed by atoms with Gasteiger partial charge >= 0.3 is 0 Å². The number of rotatable bonds is 2. The highest BCUT2D eigenvalue weighted by Crippen LogP contribution is 2.35. The van der Waals surface area contributed by atoms with Crippen LogP contribution in [-0.2, 0) is 0 Å². The smallest absolute Gasteiger partial charge is 0.0510 e. The fraction of sp³-hybridized carbons (Fsp3) is 0.647. The van der Waals surface area contributed by atoms with Crippen molar-refractivity contribution in [2.24, 2.45) is 11.7 Å². The van der Waals surface area contributed by atoms with E-state index < -0.39 is 0 Å². The van der Waals surface area contributed by atoms with Crippen LogP contribution >= 0.6 is 15.9 Å². The number of likely N-dealkylation sites (tertiary alicyclic amines) is 1. The summed E-state index contributed by atoms with van der Waals surface area (Å²) in [5.41, 5.74) is 8.49. The molecule has 1 aromatic carbocycles. The SMILES string of the molecule is C[C@@H](N)c1ccc(N2CCC3C(CCCN3C)C2)c(Br)c1. The minimum atomic E-state index is 0.0908. The van der Waals surface area contributed by atoms with Gasteiger partial charge in [-0.15, -0.1) is 0 Å². The Labute approximate surface area is 136 Å². The molecule has 0 amide bonds. The van der Waals surface area contributed by atoms with Crippen molar-refractivity contribution in [2.75, 3.05) is 31.6 Å². The first-order valence-electron chi connectivity index (χ1n) is 8.06. The van der Waals surface area contributed by atoms with Crippen molar-refractivity contribution in [3.8, 4) is 0 Å². The molecule has 3 rings (SSSR count). The molecule has 4 heteroatoms. The summed E-state index contributed by atoms with van der Waals surface area (Å²) in [6.45, 7) is 5.64. The fourth-order valence-electron chi connectivity index (χ4n) is 3.93. The number of piperidine rings is 2. The Kier molecular flexibility index (Phi) is 4.57. The average Bonchev–Trinajstić information content (AvgIpc) is 2.47. The van der Waals surface area contributed by atoms with Gasteiger partial charge in [-0.1, -0.05) is 6.07 Å². The maximum atomic E-state index is 5.97. The van der Waals surface area contributed by atoms with Gasteiger partial charge in [0, 0.05) is 29.6 Å². The molecule has 2 N–H and O–H groups in total. The van der Waals surface area contributed by atoms with Crippen LogP contribution in [0.5, 0.6) is 0 Å². The lowest BCUT2D eigenvalue weighted by molar-refractivity contribution is 0.102. The predicted octanol–water partition coefficient (Wildman–Crippen LogP) is 3.39. The molecule has 0 aromatic heterocycles. The zero-order valence-corrected chi connectivity index (χ0v) is 14.6. The molecule has 0 radical (unpaired) electrons. The van der Waals surface area contributed by atoms with Gasteiger partial charge < -0.3 is 15.5 Å². The number of hydrogen-bond acceptors (Lipinski definition) is 3. The van der Waals surface area contributed by atoms with Crippen LogP contribution in [0, 0.1) is 5.92 Å². The minimum Gasteiger partial charge on any atom is -0.370 e. The van der Waals surface area contributed by atoms with Crippen LogP contribution in [0.15, 0.2) is 22.7 Å². The summed E-state index contributed by atoms with van der Waals surface area (Å²) in [6, 6.07) is 7.46. The number of fused-ring (bicyclic) bond motifs is 1. The number of hydrogen-bond donors (Lipinski definition) is 1. The van der Waals surface area contributed by atoms with Gasteiger partial charge in [-0.25, -0.2) is 0 Å². The number of nitrogens with two attached hydrogens (primary N) is 1. The molecule has 0 aliphatic carbocycles. The van der Waals surface area contributed by atoms with Crippen molar-refractivity contribution in [1.82, 2.24) is 4.90 Å². The third-order valence-corrected chi connectivity index (χ3v) is 5.82. The molecule has 0 spiro atoms. The predicted molar refractivity (Wildman–Crippen MR) is 92.7 cm³/mol. The van der Waals surface area contributed by atoms with Gasteiger partial charge in [0.25, 0.3) is 0 Å². The minimum absolute atomic E-state index is 0.0908. The second kappa shape index (κ2) is 6.27. The average molecular weight is 352 g/mol. The van der Waals surface area contributed by atoms with Crippen LogP contribution < -0.4 is 10.6 Å². The van der Waals surface area contributed by atoms with Crippen LogP contribution in [0.2, 0.25) is 0 Å². The first-order valence-corrected chi connectivity index (χ1v) is 8.86. The highest BCUT2D eigenvalue weighted by atomic mass is 79.9. The van der Waals surface area contributed by atoms with E-state index in [9.17, 15) is 0 Å². The van der Waals surface area contributed by atoms with E-state index in [2.05, 4.69) is 51.0 Å². The van der Waals surface area contributed by atoms with Crippen molar-refractivity contribution < 1.29 is 0 Å². The maximum Gasteiger partial charge on any atom is 0.0510 e. The molecular weight excluding hydrogens is 326 g/mol. The van der Waals surface area contributed by atoms with Crippen LogP contribution in [0.1, 0.15) is 37.8 Å². The van der Waals surface area contributed by atoms with E-state index >= 15 is 0 Å². The Bertz CT molecular complexity index is 503. The van der Waals surface area contributed by atoms with E-state index in [0.29, 0.717) is 0 Å². The molecule has 116 valence electrons. The molecular formula is C17H26BrN3. The summed E-state index contributed by atoms with van der Waals surface area (Å²) in [6.07, 6.45) is 4.00. The molecule has 3 atom stereocenters. The molecule has 0 bridgehead atoms. The highest BCUT2D eigenvalue weighted by Gasteiger charge is 2.34. The van der Waals surface area contributed by atoms with Crippen LogP contribution in [-0.4, -0.2) is 37.6 Å². The molecule has 2 unspecified atom stereocenters. The van der Waals surface area contributed by atoms with Gasteiger partial charge in [-0.2, -0.15) is 0 Å². The molecule has 1 aromatic rings. The van der Waals surface area contributed by atoms with Crippen molar-refractivity contribution >= 4 is 21.6 Å². The van der Waals surface area contributed by atoms with Gasteiger partial charge in [-0.3, -0.25) is 0 Å². The number of halogens is 1. The zero-order chi connectivity index (χ0) is 15.0. The Morgan fingerprint density at radius 3 is 2.81 bits per heavy atom. The van der Waals surface area contributed by atoms with Crippen molar-refractivity contribution in [3.05, 3.63) is 28.2 Å². The number of benzene rings is 1. The van der Waals surface area contributed by atoms with Gasteiger partial charge in [-0.05, 0) is 79.3 Å².